The van der Waals surface area contributed by atoms with Gasteiger partial charge in [0, 0.05) is 5.69 Å². The summed E-state index contributed by atoms with van der Waals surface area (Å²) in [6.07, 6.45) is 0.173. The van der Waals surface area contributed by atoms with E-state index in [0.29, 0.717) is 23.1 Å². The average molecular weight is 316 g/mol. The summed E-state index contributed by atoms with van der Waals surface area (Å²) in [6.45, 7) is 1.87. The Morgan fingerprint density at radius 1 is 1.09 bits per heavy atom. The van der Waals surface area contributed by atoms with Crippen molar-refractivity contribution in [3.05, 3.63) is 41.6 Å². The van der Waals surface area contributed by atoms with Crippen LogP contribution in [0.1, 0.15) is 11.3 Å². The number of nitrogens with one attached hydrogen (secondary N) is 1. The van der Waals surface area contributed by atoms with Crippen LogP contribution in [-0.2, 0) is 11.2 Å². The largest absolute Gasteiger partial charge is 0.493 e. The standard InChI is InChI=1S/C17H20N2O4/c1-11-6-5-7-15(18-11)19-16(20)10-12-8-13(21-2)17(23-4)14(9-12)22-3/h5-9H,10H2,1-4H3,(H,18,19,20). The normalized spacial score (nSPS) is 10.1. The van der Waals surface area contributed by atoms with Crippen LogP contribution in [0.15, 0.2) is 30.3 Å². The minimum atomic E-state index is -0.169. The van der Waals surface area contributed by atoms with Crippen LogP contribution in [0.2, 0.25) is 0 Å². The Bertz CT molecular complexity index is 676. The molecule has 1 N–H and O–H groups in total. The summed E-state index contributed by atoms with van der Waals surface area (Å²) < 4.78 is 15.8. The number of ether oxygens (including phenoxy) is 3. The summed E-state index contributed by atoms with van der Waals surface area (Å²) in [5, 5.41) is 2.77. The van der Waals surface area contributed by atoms with Crippen LogP contribution in [0.3, 0.4) is 0 Å². The maximum Gasteiger partial charge on any atom is 0.229 e. The van der Waals surface area contributed by atoms with Crippen molar-refractivity contribution in [2.75, 3.05) is 26.6 Å². The number of methoxy groups -OCH3 is 3. The Morgan fingerprint density at radius 3 is 2.26 bits per heavy atom. The number of anilines is 1. The van der Waals surface area contributed by atoms with E-state index in [-0.39, 0.29) is 12.3 Å². The molecule has 0 fully saturated rings. The molecule has 1 aromatic heterocycles. The molecule has 2 aromatic rings. The number of nitrogens with zero attached hydrogens (tertiary/aromatic N) is 1. The van der Waals surface area contributed by atoms with Crippen LogP contribution in [-0.4, -0.2) is 32.2 Å². The molecular formula is C17H20N2O4. The van der Waals surface area contributed by atoms with Gasteiger partial charge in [0.05, 0.1) is 27.8 Å². The molecule has 2 rings (SSSR count). The highest BCUT2D eigenvalue weighted by Crippen LogP contribution is 2.38. The third-order valence-corrected chi connectivity index (χ3v) is 3.25. The molecule has 122 valence electrons. The van der Waals surface area contributed by atoms with Crippen molar-refractivity contribution in [3.63, 3.8) is 0 Å². The maximum absolute atomic E-state index is 12.2. The first-order valence-electron chi connectivity index (χ1n) is 7.09. The van der Waals surface area contributed by atoms with Crippen LogP contribution < -0.4 is 19.5 Å². The Balaban J connectivity index is 2.17. The number of aryl methyl sites for hydroxylation is 1. The molecule has 23 heavy (non-hydrogen) atoms. The number of hydrogen-bond donors (Lipinski definition) is 1. The summed E-state index contributed by atoms with van der Waals surface area (Å²) in [5.74, 6) is 1.89. The predicted octanol–water partition coefficient (Wildman–Crippen LogP) is 2.60. The number of carbonyl (C=O) groups excluding carboxylic acids is 1. The van der Waals surface area contributed by atoms with E-state index in [9.17, 15) is 4.79 Å². The van der Waals surface area contributed by atoms with Crippen molar-refractivity contribution < 1.29 is 19.0 Å². The van der Waals surface area contributed by atoms with Gasteiger partial charge < -0.3 is 19.5 Å². The van der Waals surface area contributed by atoms with Crippen molar-refractivity contribution in [1.29, 1.82) is 0 Å². The maximum atomic E-state index is 12.2. The first-order valence-corrected chi connectivity index (χ1v) is 7.09. The van der Waals surface area contributed by atoms with E-state index in [4.69, 9.17) is 14.2 Å². The highest BCUT2D eigenvalue weighted by molar-refractivity contribution is 5.91. The van der Waals surface area contributed by atoms with Gasteiger partial charge in [0.1, 0.15) is 5.82 Å². The van der Waals surface area contributed by atoms with E-state index >= 15 is 0 Å². The van der Waals surface area contributed by atoms with Crippen LogP contribution in [0.4, 0.5) is 5.82 Å². The summed E-state index contributed by atoms with van der Waals surface area (Å²) in [6, 6.07) is 8.97. The van der Waals surface area contributed by atoms with Gasteiger partial charge in [-0.2, -0.15) is 0 Å². The number of aromatic nitrogens is 1. The second kappa shape index (κ2) is 7.49. The van der Waals surface area contributed by atoms with Gasteiger partial charge >= 0.3 is 0 Å². The third-order valence-electron chi connectivity index (χ3n) is 3.25. The fraction of sp³-hybridized carbons (Fsp3) is 0.294. The molecule has 6 heteroatoms. The molecule has 0 radical (unpaired) electrons. The topological polar surface area (TPSA) is 69.7 Å². The van der Waals surface area contributed by atoms with E-state index in [0.717, 1.165) is 11.3 Å². The molecular weight excluding hydrogens is 296 g/mol. The van der Waals surface area contributed by atoms with Crippen LogP contribution in [0.5, 0.6) is 17.2 Å². The van der Waals surface area contributed by atoms with E-state index in [1.165, 1.54) is 21.3 Å². The highest BCUT2D eigenvalue weighted by atomic mass is 16.5. The monoisotopic (exact) mass is 316 g/mol. The molecule has 0 aliphatic heterocycles. The van der Waals surface area contributed by atoms with Crippen LogP contribution in [0, 0.1) is 6.92 Å². The SMILES string of the molecule is COc1cc(CC(=O)Nc2cccc(C)n2)cc(OC)c1OC. The molecule has 6 nitrogen and oxygen atoms in total. The Morgan fingerprint density at radius 2 is 1.74 bits per heavy atom. The van der Waals surface area contributed by atoms with Gasteiger partial charge in [0.2, 0.25) is 11.7 Å². The second-order valence-electron chi connectivity index (χ2n) is 4.92. The lowest BCUT2D eigenvalue weighted by atomic mass is 10.1. The zero-order valence-corrected chi connectivity index (χ0v) is 13.7. The minimum Gasteiger partial charge on any atom is -0.493 e. The molecule has 0 atom stereocenters. The zero-order valence-electron chi connectivity index (χ0n) is 13.7. The first kappa shape index (κ1) is 16.6. The molecule has 0 spiro atoms. The average Bonchev–Trinajstić information content (AvgIpc) is 2.53. The molecule has 0 unspecified atom stereocenters. The number of carbonyl (C=O) groups is 1. The lowest BCUT2D eigenvalue weighted by Crippen LogP contribution is -2.15. The van der Waals surface area contributed by atoms with E-state index in [1.807, 2.05) is 19.1 Å². The number of amides is 1. The summed E-state index contributed by atoms with van der Waals surface area (Å²) >= 11 is 0. The van der Waals surface area contributed by atoms with Gasteiger partial charge in [0.25, 0.3) is 0 Å². The van der Waals surface area contributed by atoms with Gasteiger partial charge in [-0.15, -0.1) is 0 Å². The summed E-state index contributed by atoms with van der Waals surface area (Å²) in [5.41, 5.74) is 1.60. The molecule has 0 saturated heterocycles. The van der Waals surface area contributed by atoms with Crippen molar-refractivity contribution in [1.82, 2.24) is 4.98 Å². The predicted molar refractivity (Wildman–Crippen MR) is 87.4 cm³/mol. The smallest absolute Gasteiger partial charge is 0.229 e. The molecule has 0 aliphatic rings. The zero-order chi connectivity index (χ0) is 16.8. The highest BCUT2D eigenvalue weighted by Gasteiger charge is 2.15. The van der Waals surface area contributed by atoms with Gasteiger partial charge in [-0.1, -0.05) is 6.07 Å². The molecule has 1 heterocycles. The molecule has 1 amide bonds. The van der Waals surface area contributed by atoms with Gasteiger partial charge in [-0.3, -0.25) is 4.79 Å². The molecule has 0 aliphatic carbocycles. The van der Waals surface area contributed by atoms with Crippen molar-refractivity contribution in [3.8, 4) is 17.2 Å². The van der Waals surface area contributed by atoms with Gasteiger partial charge in [-0.25, -0.2) is 4.98 Å². The van der Waals surface area contributed by atoms with Gasteiger partial charge in [-0.05, 0) is 36.8 Å². The van der Waals surface area contributed by atoms with E-state index in [2.05, 4.69) is 10.3 Å². The van der Waals surface area contributed by atoms with Crippen molar-refractivity contribution >= 4 is 11.7 Å². The molecule has 0 bridgehead atoms. The number of rotatable bonds is 6. The molecule has 0 saturated carbocycles. The van der Waals surface area contributed by atoms with Crippen LogP contribution in [0.25, 0.3) is 0 Å². The van der Waals surface area contributed by atoms with Crippen LogP contribution >= 0.6 is 0 Å². The minimum absolute atomic E-state index is 0.169. The fourth-order valence-corrected chi connectivity index (χ4v) is 2.22. The quantitative estimate of drug-likeness (QED) is 0.887. The van der Waals surface area contributed by atoms with Gasteiger partial charge in [0.15, 0.2) is 11.5 Å². The lowest BCUT2D eigenvalue weighted by molar-refractivity contribution is -0.115. The summed E-state index contributed by atoms with van der Waals surface area (Å²) in [4.78, 5) is 16.4. The number of pyridine rings is 1. The number of benzene rings is 1. The summed E-state index contributed by atoms with van der Waals surface area (Å²) in [7, 11) is 4.62. The van der Waals surface area contributed by atoms with E-state index in [1.54, 1.807) is 18.2 Å². The third kappa shape index (κ3) is 4.12. The molecule has 1 aromatic carbocycles. The number of hydrogen-bond acceptors (Lipinski definition) is 5. The Hall–Kier alpha value is -2.76. The Labute approximate surface area is 135 Å². The van der Waals surface area contributed by atoms with Crippen molar-refractivity contribution in [2.45, 2.75) is 13.3 Å². The fourth-order valence-electron chi connectivity index (χ4n) is 2.22. The Kier molecular flexibility index (Phi) is 5.41. The second-order valence-corrected chi connectivity index (χ2v) is 4.92. The van der Waals surface area contributed by atoms with Crippen molar-refractivity contribution in [2.24, 2.45) is 0 Å². The lowest BCUT2D eigenvalue weighted by Gasteiger charge is -2.14. The first-order chi connectivity index (χ1) is 11.1. The van der Waals surface area contributed by atoms with E-state index < -0.39 is 0 Å².